The van der Waals surface area contributed by atoms with Crippen molar-refractivity contribution in [2.75, 3.05) is 6.54 Å². The van der Waals surface area contributed by atoms with E-state index >= 15 is 0 Å². The van der Waals surface area contributed by atoms with Crippen molar-refractivity contribution in [3.63, 3.8) is 0 Å². The lowest BCUT2D eigenvalue weighted by atomic mass is 10.1. The predicted octanol–water partition coefficient (Wildman–Crippen LogP) is 5.97. The second-order valence-electron chi connectivity index (χ2n) is 5.28. The van der Waals surface area contributed by atoms with Gasteiger partial charge < -0.3 is 5.32 Å². The summed E-state index contributed by atoms with van der Waals surface area (Å²) in [6.45, 7) is 7.69. The fraction of sp³-hybridized carbons (Fsp3) is 0.333. The van der Waals surface area contributed by atoms with Crippen molar-refractivity contribution < 1.29 is 0 Å². The molecule has 0 fully saturated rings. The number of halogens is 1. The minimum absolute atomic E-state index is 0.432. The van der Waals surface area contributed by atoms with Crippen LogP contribution in [-0.2, 0) is 0 Å². The van der Waals surface area contributed by atoms with E-state index < -0.39 is 0 Å². The summed E-state index contributed by atoms with van der Waals surface area (Å²) in [6, 6.07) is 13.3. The Balaban J connectivity index is 2.12. The lowest BCUT2D eigenvalue weighted by Gasteiger charge is -2.13. The van der Waals surface area contributed by atoms with E-state index in [4.69, 9.17) is 0 Å². The van der Waals surface area contributed by atoms with Gasteiger partial charge in [-0.15, -0.1) is 11.3 Å². The maximum atomic E-state index is 3.53. The first-order valence-corrected chi connectivity index (χ1v) is 8.98. The Hall–Kier alpha value is -0.900. The highest BCUT2D eigenvalue weighted by Crippen LogP contribution is 2.31. The Morgan fingerprint density at radius 2 is 2.14 bits per heavy atom. The molecule has 1 nitrogen and oxygen atoms in total. The van der Waals surface area contributed by atoms with E-state index in [1.807, 2.05) is 11.3 Å². The largest absolute Gasteiger partial charge is 0.311 e. The minimum Gasteiger partial charge on any atom is -0.311 e. The molecular weight excluding hydrogens is 342 g/mol. The average molecular weight is 364 g/mol. The highest BCUT2D eigenvalue weighted by molar-refractivity contribution is 9.10. The molecule has 0 bridgehead atoms. The zero-order chi connectivity index (χ0) is 15.2. The molecule has 0 amide bonds. The third-order valence-corrected chi connectivity index (χ3v) is 5.06. The molecule has 2 aromatic rings. The van der Waals surface area contributed by atoms with Gasteiger partial charge in [-0.05, 0) is 62.7 Å². The van der Waals surface area contributed by atoms with Crippen molar-refractivity contribution in [3.8, 4) is 10.4 Å². The minimum atomic E-state index is 0.432. The predicted molar refractivity (Wildman–Crippen MR) is 98.9 cm³/mol. The van der Waals surface area contributed by atoms with Gasteiger partial charge in [0.25, 0.3) is 0 Å². The molecule has 0 aliphatic carbocycles. The molecule has 0 aliphatic heterocycles. The van der Waals surface area contributed by atoms with Crippen LogP contribution in [0.15, 0.2) is 46.4 Å². The van der Waals surface area contributed by atoms with Crippen molar-refractivity contribution in [2.24, 2.45) is 0 Å². The topological polar surface area (TPSA) is 12.0 Å². The molecule has 1 aromatic heterocycles. The maximum Gasteiger partial charge on any atom is 0.0349 e. The number of benzene rings is 1. The molecular formula is C18H22BrNS. The van der Waals surface area contributed by atoms with Gasteiger partial charge >= 0.3 is 0 Å². The van der Waals surface area contributed by atoms with E-state index in [2.05, 4.69) is 84.5 Å². The number of nitrogens with one attached hydrogen (secondary N) is 1. The average Bonchev–Trinajstić information content (AvgIpc) is 2.93. The van der Waals surface area contributed by atoms with Gasteiger partial charge in [0.1, 0.15) is 0 Å². The summed E-state index contributed by atoms with van der Waals surface area (Å²) in [5, 5.41) is 3.53. The molecule has 0 aliphatic rings. The molecule has 1 unspecified atom stereocenters. The van der Waals surface area contributed by atoms with Gasteiger partial charge in [-0.3, -0.25) is 0 Å². The first-order valence-electron chi connectivity index (χ1n) is 7.37. The van der Waals surface area contributed by atoms with Crippen LogP contribution in [0, 0.1) is 0 Å². The van der Waals surface area contributed by atoms with Crippen LogP contribution in [0.5, 0.6) is 0 Å². The van der Waals surface area contributed by atoms with Crippen molar-refractivity contribution in [3.05, 3.63) is 51.3 Å². The molecule has 1 heterocycles. The molecule has 112 valence electrons. The zero-order valence-corrected chi connectivity index (χ0v) is 15.2. The summed E-state index contributed by atoms with van der Waals surface area (Å²) >= 11 is 5.37. The van der Waals surface area contributed by atoms with Gasteiger partial charge in [-0.1, -0.05) is 40.6 Å². The van der Waals surface area contributed by atoms with Crippen LogP contribution in [-0.4, -0.2) is 12.6 Å². The summed E-state index contributed by atoms with van der Waals surface area (Å²) < 4.78 is 1.12. The second-order valence-corrected chi connectivity index (χ2v) is 7.31. The normalized spacial score (nSPS) is 13.4. The number of thiophene rings is 1. The molecule has 1 atom stereocenters. The van der Waals surface area contributed by atoms with E-state index in [-0.39, 0.29) is 0 Å². The first kappa shape index (κ1) is 16.5. The van der Waals surface area contributed by atoms with E-state index in [0.29, 0.717) is 6.04 Å². The Morgan fingerprint density at radius 1 is 1.33 bits per heavy atom. The SMILES string of the molecule is CCCNC(C)/C(C)=C/c1ccc(-c2cccc(Br)c2)s1. The maximum absolute atomic E-state index is 3.53. The second kappa shape index (κ2) is 7.92. The van der Waals surface area contributed by atoms with Crippen molar-refractivity contribution in [2.45, 2.75) is 33.2 Å². The standard InChI is InChI=1S/C18H22BrNS/c1-4-10-20-14(3)13(2)11-17-8-9-18(21-17)15-6-5-7-16(19)12-15/h5-9,11-12,14,20H,4,10H2,1-3H3/b13-11+. The molecule has 0 radical (unpaired) electrons. The highest BCUT2D eigenvalue weighted by atomic mass is 79.9. The van der Waals surface area contributed by atoms with Crippen LogP contribution in [0.1, 0.15) is 32.1 Å². The summed E-state index contributed by atoms with van der Waals surface area (Å²) in [6.07, 6.45) is 3.46. The quantitative estimate of drug-likeness (QED) is 0.666. The molecule has 21 heavy (non-hydrogen) atoms. The van der Waals surface area contributed by atoms with Gasteiger partial charge in [-0.25, -0.2) is 0 Å². The highest BCUT2D eigenvalue weighted by Gasteiger charge is 2.05. The number of hydrogen-bond donors (Lipinski definition) is 1. The van der Waals surface area contributed by atoms with Gasteiger partial charge in [0.05, 0.1) is 0 Å². The number of hydrogen-bond acceptors (Lipinski definition) is 2. The third-order valence-electron chi connectivity index (χ3n) is 3.49. The third kappa shape index (κ3) is 4.80. The molecule has 3 heteroatoms. The fourth-order valence-electron chi connectivity index (χ4n) is 2.10. The van der Waals surface area contributed by atoms with Gasteiger partial charge in [0.15, 0.2) is 0 Å². The Bertz CT molecular complexity index is 615. The summed E-state index contributed by atoms with van der Waals surface area (Å²) in [5.74, 6) is 0. The van der Waals surface area contributed by atoms with Crippen LogP contribution < -0.4 is 5.32 Å². The van der Waals surface area contributed by atoms with Crippen LogP contribution >= 0.6 is 27.3 Å². The summed E-state index contributed by atoms with van der Waals surface area (Å²) in [5.41, 5.74) is 2.65. The van der Waals surface area contributed by atoms with Gasteiger partial charge in [0.2, 0.25) is 0 Å². The Morgan fingerprint density at radius 3 is 2.86 bits per heavy atom. The van der Waals surface area contributed by atoms with E-state index in [9.17, 15) is 0 Å². The molecule has 0 spiro atoms. The Kier molecular flexibility index (Phi) is 6.22. The fourth-order valence-corrected chi connectivity index (χ4v) is 3.51. The van der Waals surface area contributed by atoms with Crippen LogP contribution in [0.4, 0.5) is 0 Å². The molecule has 0 saturated carbocycles. The Labute approximate surface area is 140 Å². The summed E-state index contributed by atoms with van der Waals surface area (Å²) in [7, 11) is 0. The van der Waals surface area contributed by atoms with Gasteiger partial charge in [-0.2, -0.15) is 0 Å². The van der Waals surface area contributed by atoms with E-state index in [0.717, 1.165) is 11.0 Å². The van der Waals surface area contributed by atoms with E-state index in [1.165, 1.54) is 27.3 Å². The smallest absolute Gasteiger partial charge is 0.0349 e. The van der Waals surface area contributed by atoms with Crippen molar-refractivity contribution >= 4 is 33.3 Å². The summed E-state index contributed by atoms with van der Waals surface area (Å²) in [4.78, 5) is 2.62. The van der Waals surface area contributed by atoms with Crippen molar-refractivity contribution in [1.82, 2.24) is 5.32 Å². The van der Waals surface area contributed by atoms with Crippen LogP contribution in [0.2, 0.25) is 0 Å². The lowest BCUT2D eigenvalue weighted by molar-refractivity contribution is 0.604. The monoisotopic (exact) mass is 363 g/mol. The lowest BCUT2D eigenvalue weighted by Crippen LogP contribution is -2.27. The zero-order valence-electron chi connectivity index (χ0n) is 12.8. The van der Waals surface area contributed by atoms with Gasteiger partial charge in [0, 0.05) is 20.3 Å². The van der Waals surface area contributed by atoms with E-state index in [1.54, 1.807) is 0 Å². The molecule has 1 N–H and O–H groups in total. The van der Waals surface area contributed by atoms with Crippen molar-refractivity contribution in [1.29, 1.82) is 0 Å². The van der Waals surface area contributed by atoms with Crippen LogP contribution in [0.3, 0.4) is 0 Å². The molecule has 2 rings (SSSR count). The first-order chi connectivity index (χ1) is 10.1. The molecule has 0 saturated heterocycles. The van der Waals surface area contributed by atoms with Crippen LogP contribution in [0.25, 0.3) is 16.5 Å². The number of rotatable bonds is 6. The molecule has 1 aromatic carbocycles.